The van der Waals surface area contributed by atoms with Crippen molar-refractivity contribution in [1.82, 2.24) is 9.97 Å². The van der Waals surface area contributed by atoms with Crippen LogP contribution in [0, 0.1) is 0 Å². The molecule has 0 unspecified atom stereocenters. The maximum atomic E-state index is 6.00. The van der Waals surface area contributed by atoms with Crippen molar-refractivity contribution in [1.29, 1.82) is 0 Å². The van der Waals surface area contributed by atoms with E-state index < -0.39 is 11.4 Å². The van der Waals surface area contributed by atoms with E-state index in [9.17, 15) is 0 Å². The molecule has 0 bridgehead atoms. The molecule has 0 aliphatic carbocycles. The summed E-state index contributed by atoms with van der Waals surface area (Å²) in [5.74, 6) is 1.42. The van der Waals surface area contributed by atoms with Crippen LogP contribution in [0.25, 0.3) is 34.3 Å². The van der Waals surface area contributed by atoms with E-state index in [-0.39, 0.29) is 0 Å². The van der Waals surface area contributed by atoms with Gasteiger partial charge in [-0.05, 0) is 72.8 Å². The van der Waals surface area contributed by atoms with Crippen molar-refractivity contribution in [3.05, 3.63) is 87.9 Å². The van der Waals surface area contributed by atoms with Gasteiger partial charge in [-0.15, -0.1) is 9.97 Å². The molecule has 0 spiro atoms. The number of rotatable bonds is 3. The van der Waals surface area contributed by atoms with Crippen LogP contribution in [0.15, 0.2) is 77.2 Å². The van der Waals surface area contributed by atoms with Gasteiger partial charge in [0.05, 0.1) is 0 Å². The normalized spacial score (nSPS) is 12.3. The Bertz CT molecular complexity index is 1070. The summed E-state index contributed by atoms with van der Waals surface area (Å²) >= 11 is 13.6. The Hall–Kier alpha value is -0.211. The molecule has 4 aromatic rings. The molecule has 12 heteroatoms. The number of hydrogen-bond donors (Lipinski definition) is 0. The number of benzene rings is 3. The molecule has 0 amide bonds. The minimum atomic E-state index is -4.40. The molecule has 1 aromatic heterocycles. The molecule has 0 saturated carbocycles. The summed E-state index contributed by atoms with van der Waals surface area (Å²) in [6, 6.07) is 21.9. The van der Waals surface area contributed by atoms with Crippen LogP contribution < -0.4 is 0 Å². The Labute approximate surface area is 225 Å². The average Bonchev–Trinajstić information content (AvgIpc) is 2.73. The molecule has 33 heavy (non-hydrogen) atoms. The monoisotopic (exact) mass is 708 g/mol. The van der Waals surface area contributed by atoms with Gasteiger partial charge in [0, 0.05) is 20.6 Å². The Kier molecular flexibility index (Phi) is 9.32. The molecule has 3 aromatic carbocycles. The van der Waals surface area contributed by atoms with E-state index in [4.69, 9.17) is 83.8 Å². The summed E-state index contributed by atoms with van der Waals surface area (Å²) in [4.78, 5) is 9.17. The van der Waals surface area contributed by atoms with E-state index >= 15 is 0 Å². The van der Waals surface area contributed by atoms with Crippen LogP contribution in [0.2, 0.25) is 15.1 Å². The second-order valence-electron chi connectivity index (χ2n) is 6.49. The fourth-order valence-electron chi connectivity index (χ4n) is 2.51. The fourth-order valence-corrected chi connectivity index (χ4v) is 2.89. The summed E-state index contributed by atoms with van der Waals surface area (Å²) < 4.78 is 5.98. The van der Waals surface area contributed by atoms with Gasteiger partial charge in [-0.2, -0.15) is 4.42 Å². The van der Waals surface area contributed by atoms with Gasteiger partial charge < -0.3 is 0 Å². The summed E-state index contributed by atoms with van der Waals surface area (Å²) in [7, 11) is 25.3. The summed E-state index contributed by atoms with van der Waals surface area (Å²) in [6.45, 7) is 0. The molecule has 0 atom stereocenters. The molecule has 0 aliphatic rings. The third kappa shape index (κ3) is 9.75. The first-order valence-corrected chi connectivity index (χ1v) is 28.2. The molecule has 3 nitrogen and oxygen atoms in total. The topological polar surface area (TPSA) is 37.1 Å². The molecule has 4 rings (SSSR count). The maximum absolute atomic E-state index is 6.00. The molecule has 0 fully saturated rings. The molecule has 0 aliphatic heterocycles. The predicted molar refractivity (Wildman–Crippen MR) is 145 cm³/mol. The first-order chi connectivity index (χ1) is 15.3. The van der Waals surface area contributed by atoms with Gasteiger partial charge in [0.15, 0.2) is 5.82 Å². The zero-order valence-electron chi connectivity index (χ0n) is 16.3. The second-order valence-corrected chi connectivity index (χ2v) is 50.2. The predicted octanol–water partition coefficient (Wildman–Crippen LogP) is 10.4. The number of halogens is 8. The van der Waals surface area contributed by atoms with Crippen LogP contribution in [-0.4, -0.2) is 21.3 Å². The quantitative estimate of drug-likeness (QED) is 0.157. The van der Waals surface area contributed by atoms with Gasteiger partial charge >= 0.3 is 67.7 Å². The van der Waals surface area contributed by atoms with Crippen LogP contribution >= 0.6 is 79.4 Å². The first-order valence-electron chi connectivity index (χ1n) is 9.03. The van der Waals surface area contributed by atoms with Crippen molar-refractivity contribution in [3.8, 4) is 34.3 Å². The van der Waals surface area contributed by atoms with Crippen LogP contribution in [0.4, 0.5) is 0 Å². The average molecular weight is 711 g/mol. The van der Waals surface area contributed by atoms with Crippen molar-refractivity contribution in [3.63, 3.8) is 0 Å². The first kappa shape index (κ1) is 27.4. The zero-order valence-corrected chi connectivity index (χ0v) is 25.2. The SMILES string of the molecule is Clc1ccc(-c2nc(-c3ccc(Cl)cc3)[o+]c(-c3ccc(Cl)cc3)n2)cc1.[Cl][Sn-]([Cl])([Cl])([Cl])[Cl]. The van der Waals surface area contributed by atoms with Gasteiger partial charge in [-0.3, -0.25) is 0 Å². The molecule has 1 heterocycles. The van der Waals surface area contributed by atoms with E-state index in [1.165, 1.54) is 0 Å². The Morgan fingerprint density at radius 2 is 0.758 bits per heavy atom. The zero-order chi connectivity index (χ0) is 24.2. The van der Waals surface area contributed by atoms with Crippen molar-refractivity contribution in [2.75, 3.05) is 0 Å². The fraction of sp³-hybridized carbons (Fsp3) is 0. The third-order valence-corrected chi connectivity index (χ3v) is 4.65. The van der Waals surface area contributed by atoms with Crippen molar-refractivity contribution in [2.24, 2.45) is 0 Å². The summed E-state index contributed by atoms with van der Waals surface area (Å²) in [5, 5.41) is 1.93. The number of nitrogens with zero attached hydrogens (tertiary/aromatic N) is 2. The number of aromatic nitrogens is 2. The van der Waals surface area contributed by atoms with Gasteiger partial charge in [0.2, 0.25) is 0 Å². The standard InChI is InChI=1S/C21H12Cl3N2O.5ClH.Sn/c22-16-7-1-13(2-8-16)19-25-20(14-3-9-17(23)10-4-14)27-21(26-19)15-5-11-18(24)12-6-15;;;;;;/h1-12H;5*1H;/q+1;;;;;;+4/p-5. The minimum absolute atomic E-state index is 0.441. The third-order valence-electron chi connectivity index (χ3n) is 3.89. The molecular formula is C21H12Cl8N2OSn. The van der Waals surface area contributed by atoms with Gasteiger partial charge in [0.25, 0.3) is 0 Å². The van der Waals surface area contributed by atoms with Crippen LogP contribution in [-0.2, 0) is 0 Å². The second kappa shape index (κ2) is 11.2. The molecule has 0 saturated heterocycles. The Morgan fingerprint density at radius 1 is 0.485 bits per heavy atom. The number of hydrogen-bond acceptors (Lipinski definition) is 2. The Balaban J connectivity index is 0.000000454. The summed E-state index contributed by atoms with van der Waals surface area (Å²) in [5.41, 5.74) is 2.43. The van der Waals surface area contributed by atoms with Crippen LogP contribution in [0.1, 0.15) is 0 Å². The van der Waals surface area contributed by atoms with Gasteiger partial charge in [-0.25, -0.2) is 0 Å². The van der Waals surface area contributed by atoms with Crippen LogP contribution in [0.5, 0.6) is 0 Å². The van der Waals surface area contributed by atoms with E-state index in [2.05, 4.69) is 9.97 Å². The molecule has 0 N–H and O–H groups in total. The van der Waals surface area contributed by atoms with Gasteiger partial charge in [0.1, 0.15) is 11.1 Å². The molecule has 0 radical (unpaired) electrons. The molecular weight excluding hydrogens is 699 g/mol. The van der Waals surface area contributed by atoms with Crippen molar-refractivity contribution < 1.29 is 4.42 Å². The van der Waals surface area contributed by atoms with E-state index in [0.717, 1.165) is 16.7 Å². The Morgan fingerprint density at radius 3 is 1.06 bits per heavy atom. The molecule has 172 valence electrons. The van der Waals surface area contributed by atoms with Crippen molar-refractivity contribution in [2.45, 2.75) is 0 Å². The summed E-state index contributed by atoms with van der Waals surface area (Å²) in [6.07, 6.45) is 0. The van der Waals surface area contributed by atoms with Gasteiger partial charge in [-0.1, -0.05) is 34.8 Å². The van der Waals surface area contributed by atoms with E-state index in [1.807, 2.05) is 36.4 Å². The van der Waals surface area contributed by atoms with Crippen LogP contribution in [0.3, 0.4) is 0 Å². The van der Waals surface area contributed by atoms with E-state index in [0.29, 0.717) is 32.7 Å². The van der Waals surface area contributed by atoms with E-state index in [1.54, 1.807) is 36.4 Å². The van der Waals surface area contributed by atoms with Crippen molar-refractivity contribution >= 4 is 90.8 Å².